The van der Waals surface area contributed by atoms with Crippen LogP contribution in [0.15, 0.2) is 24.3 Å². The van der Waals surface area contributed by atoms with Gasteiger partial charge in [-0.3, -0.25) is 4.79 Å². The van der Waals surface area contributed by atoms with E-state index in [1.165, 1.54) is 18.2 Å². The van der Waals surface area contributed by atoms with Gasteiger partial charge in [0.15, 0.2) is 0 Å². The zero-order valence-corrected chi connectivity index (χ0v) is 10.8. The summed E-state index contributed by atoms with van der Waals surface area (Å²) in [4.78, 5) is 11.6. The summed E-state index contributed by atoms with van der Waals surface area (Å²) in [6.45, 7) is 5.38. The highest BCUT2D eigenvalue weighted by atomic mass is 35.5. The van der Waals surface area contributed by atoms with E-state index in [0.29, 0.717) is 12.1 Å². The Balaban J connectivity index is 0.00000256. The molecule has 3 nitrogen and oxygen atoms in total. The van der Waals surface area contributed by atoms with Crippen LogP contribution in [0.4, 0.5) is 4.39 Å². The lowest BCUT2D eigenvalue weighted by Crippen LogP contribution is -2.38. The molecule has 96 valence electrons. The minimum Gasteiger partial charge on any atom is -0.350 e. The normalized spacial score (nSPS) is 11.5. The SMILES string of the molecule is CCN[C@H](C)CNC(=O)c1cccc(F)c1.Cl. The molecule has 1 aromatic rings. The molecule has 1 atom stereocenters. The molecule has 0 aliphatic carbocycles. The standard InChI is InChI=1S/C12H17FN2O.ClH/c1-3-14-9(2)8-15-12(16)10-5-4-6-11(13)7-10;/h4-7,9,14H,3,8H2,1-2H3,(H,15,16);1H/t9-;/m1./s1. The lowest BCUT2D eigenvalue weighted by molar-refractivity contribution is 0.0950. The number of rotatable bonds is 5. The number of hydrogen-bond acceptors (Lipinski definition) is 2. The smallest absolute Gasteiger partial charge is 0.251 e. The monoisotopic (exact) mass is 260 g/mol. The van der Waals surface area contributed by atoms with Gasteiger partial charge in [0, 0.05) is 18.2 Å². The van der Waals surface area contributed by atoms with Crippen LogP contribution in [0.3, 0.4) is 0 Å². The molecule has 0 spiro atoms. The van der Waals surface area contributed by atoms with Crippen molar-refractivity contribution in [2.45, 2.75) is 19.9 Å². The molecule has 0 saturated carbocycles. The van der Waals surface area contributed by atoms with Crippen molar-refractivity contribution in [1.82, 2.24) is 10.6 Å². The van der Waals surface area contributed by atoms with E-state index in [1.807, 2.05) is 13.8 Å². The molecule has 5 heteroatoms. The second kappa shape index (κ2) is 8.03. The molecule has 0 fully saturated rings. The summed E-state index contributed by atoms with van der Waals surface area (Å²) in [5.74, 6) is -0.642. The molecular weight excluding hydrogens is 243 g/mol. The highest BCUT2D eigenvalue weighted by Crippen LogP contribution is 2.02. The number of hydrogen-bond donors (Lipinski definition) is 2. The summed E-state index contributed by atoms with van der Waals surface area (Å²) in [6.07, 6.45) is 0. The summed E-state index contributed by atoms with van der Waals surface area (Å²) in [5.41, 5.74) is 0.351. The fraction of sp³-hybridized carbons (Fsp3) is 0.417. The first kappa shape index (κ1) is 15.9. The van der Waals surface area contributed by atoms with Crippen LogP contribution in [-0.2, 0) is 0 Å². The van der Waals surface area contributed by atoms with E-state index in [0.717, 1.165) is 6.54 Å². The second-order valence-corrected chi connectivity index (χ2v) is 3.68. The van der Waals surface area contributed by atoms with Crippen molar-refractivity contribution in [3.63, 3.8) is 0 Å². The molecule has 0 aliphatic heterocycles. The fourth-order valence-corrected chi connectivity index (χ4v) is 1.40. The fourth-order valence-electron chi connectivity index (χ4n) is 1.40. The Labute approximate surface area is 107 Å². The van der Waals surface area contributed by atoms with Crippen LogP contribution in [0, 0.1) is 5.82 Å². The Bertz CT molecular complexity index is 360. The van der Waals surface area contributed by atoms with Crippen molar-refractivity contribution in [3.05, 3.63) is 35.6 Å². The van der Waals surface area contributed by atoms with Crippen LogP contribution in [0.2, 0.25) is 0 Å². The Morgan fingerprint density at radius 3 is 2.76 bits per heavy atom. The number of benzene rings is 1. The highest BCUT2D eigenvalue weighted by molar-refractivity contribution is 5.94. The molecule has 1 aromatic carbocycles. The summed E-state index contributed by atoms with van der Waals surface area (Å²) in [5, 5.41) is 5.92. The lowest BCUT2D eigenvalue weighted by atomic mass is 10.2. The predicted octanol–water partition coefficient (Wildman–Crippen LogP) is 1.98. The number of carbonyl (C=O) groups is 1. The van der Waals surface area contributed by atoms with Crippen LogP contribution < -0.4 is 10.6 Å². The van der Waals surface area contributed by atoms with Crippen molar-refractivity contribution in [2.75, 3.05) is 13.1 Å². The number of halogens is 2. The van der Waals surface area contributed by atoms with Crippen LogP contribution in [0.5, 0.6) is 0 Å². The van der Waals surface area contributed by atoms with E-state index < -0.39 is 5.82 Å². The highest BCUT2D eigenvalue weighted by Gasteiger charge is 2.07. The summed E-state index contributed by atoms with van der Waals surface area (Å²) >= 11 is 0. The topological polar surface area (TPSA) is 41.1 Å². The predicted molar refractivity (Wildman–Crippen MR) is 69.1 cm³/mol. The van der Waals surface area contributed by atoms with Gasteiger partial charge in [0.05, 0.1) is 0 Å². The molecule has 2 N–H and O–H groups in total. The zero-order chi connectivity index (χ0) is 12.0. The van der Waals surface area contributed by atoms with Gasteiger partial charge in [0.25, 0.3) is 5.91 Å². The molecule has 17 heavy (non-hydrogen) atoms. The summed E-state index contributed by atoms with van der Waals surface area (Å²) in [7, 11) is 0. The Morgan fingerprint density at radius 1 is 1.47 bits per heavy atom. The zero-order valence-electron chi connectivity index (χ0n) is 10.00. The molecule has 0 unspecified atom stereocenters. The molecule has 0 aromatic heterocycles. The van der Waals surface area contributed by atoms with Gasteiger partial charge in [-0.25, -0.2) is 4.39 Å². The van der Waals surface area contributed by atoms with Crippen LogP contribution in [-0.4, -0.2) is 25.0 Å². The van der Waals surface area contributed by atoms with Crippen molar-refractivity contribution >= 4 is 18.3 Å². The third kappa shape index (κ3) is 5.65. The quantitative estimate of drug-likeness (QED) is 0.850. The molecule has 1 amide bonds. The van der Waals surface area contributed by atoms with E-state index in [-0.39, 0.29) is 24.4 Å². The molecule has 0 bridgehead atoms. The van der Waals surface area contributed by atoms with E-state index >= 15 is 0 Å². The Kier molecular flexibility index (Phi) is 7.50. The largest absolute Gasteiger partial charge is 0.350 e. The van der Waals surface area contributed by atoms with Crippen LogP contribution >= 0.6 is 12.4 Å². The van der Waals surface area contributed by atoms with E-state index in [4.69, 9.17) is 0 Å². The molecular formula is C12H18ClFN2O. The van der Waals surface area contributed by atoms with Gasteiger partial charge < -0.3 is 10.6 Å². The average molecular weight is 261 g/mol. The van der Waals surface area contributed by atoms with Crippen molar-refractivity contribution < 1.29 is 9.18 Å². The maximum absolute atomic E-state index is 12.9. The van der Waals surface area contributed by atoms with E-state index in [2.05, 4.69) is 10.6 Å². The van der Waals surface area contributed by atoms with Crippen molar-refractivity contribution in [2.24, 2.45) is 0 Å². The first-order valence-corrected chi connectivity index (χ1v) is 5.40. The number of likely N-dealkylation sites (N-methyl/N-ethyl adjacent to an activating group) is 1. The summed E-state index contributed by atoms with van der Waals surface area (Å²) < 4.78 is 12.9. The molecule has 0 heterocycles. The maximum atomic E-state index is 12.9. The van der Waals surface area contributed by atoms with Gasteiger partial charge in [-0.05, 0) is 31.7 Å². The summed E-state index contributed by atoms with van der Waals surface area (Å²) in [6, 6.07) is 5.88. The second-order valence-electron chi connectivity index (χ2n) is 3.68. The van der Waals surface area contributed by atoms with Gasteiger partial charge in [0.2, 0.25) is 0 Å². The number of carbonyl (C=O) groups excluding carboxylic acids is 1. The first-order chi connectivity index (χ1) is 7.63. The molecule has 1 rings (SSSR count). The molecule has 0 saturated heterocycles. The minimum atomic E-state index is -0.396. The average Bonchev–Trinajstić information content (AvgIpc) is 2.26. The van der Waals surface area contributed by atoms with Crippen LogP contribution in [0.1, 0.15) is 24.2 Å². The molecule has 0 radical (unpaired) electrons. The van der Waals surface area contributed by atoms with E-state index in [1.54, 1.807) is 6.07 Å². The van der Waals surface area contributed by atoms with Gasteiger partial charge in [0.1, 0.15) is 5.82 Å². The lowest BCUT2D eigenvalue weighted by Gasteiger charge is -2.13. The number of amides is 1. The van der Waals surface area contributed by atoms with Gasteiger partial charge in [-0.15, -0.1) is 12.4 Å². The minimum absolute atomic E-state index is 0. The van der Waals surface area contributed by atoms with Crippen molar-refractivity contribution in [3.8, 4) is 0 Å². The Morgan fingerprint density at radius 2 is 2.18 bits per heavy atom. The Hall–Kier alpha value is -1.13. The van der Waals surface area contributed by atoms with Gasteiger partial charge >= 0.3 is 0 Å². The van der Waals surface area contributed by atoms with Crippen LogP contribution in [0.25, 0.3) is 0 Å². The van der Waals surface area contributed by atoms with Crippen molar-refractivity contribution in [1.29, 1.82) is 0 Å². The third-order valence-corrected chi connectivity index (χ3v) is 2.21. The number of nitrogens with one attached hydrogen (secondary N) is 2. The van der Waals surface area contributed by atoms with Gasteiger partial charge in [-0.1, -0.05) is 13.0 Å². The third-order valence-electron chi connectivity index (χ3n) is 2.21. The maximum Gasteiger partial charge on any atom is 0.251 e. The van der Waals surface area contributed by atoms with Gasteiger partial charge in [-0.2, -0.15) is 0 Å². The first-order valence-electron chi connectivity index (χ1n) is 5.40. The van der Waals surface area contributed by atoms with E-state index in [9.17, 15) is 9.18 Å². The molecule has 0 aliphatic rings.